The maximum Gasteiger partial charge on any atom is 0.415 e. The molecule has 6 unspecified atom stereocenters. The number of carbonyl (C=O) groups is 2. The summed E-state index contributed by atoms with van der Waals surface area (Å²) in [5.74, 6) is -0.378. The fourth-order valence-electron chi connectivity index (χ4n) is 9.27. The highest BCUT2D eigenvalue weighted by Gasteiger charge is 2.65. The van der Waals surface area contributed by atoms with E-state index in [0.717, 1.165) is 36.8 Å². The van der Waals surface area contributed by atoms with E-state index in [1.165, 1.54) is 31.4 Å². The minimum absolute atomic E-state index is 0.0167. The summed E-state index contributed by atoms with van der Waals surface area (Å²) >= 11 is 0. The highest BCUT2D eigenvalue weighted by molar-refractivity contribution is 6.03. The van der Waals surface area contributed by atoms with E-state index in [2.05, 4.69) is 12.7 Å². The molecule has 0 radical (unpaired) electrons. The molecule has 6 rings (SSSR count). The zero-order valence-corrected chi connectivity index (χ0v) is 35.6. The summed E-state index contributed by atoms with van der Waals surface area (Å²) in [6.45, 7) is 8.51. The van der Waals surface area contributed by atoms with Crippen LogP contribution in [0, 0.1) is 27.9 Å². The minimum atomic E-state index is -1.52. The molecule has 0 spiro atoms. The van der Waals surface area contributed by atoms with Crippen LogP contribution in [0.1, 0.15) is 87.1 Å². The molecule has 3 aliphatic rings. The first kappa shape index (κ1) is 45.7. The molecule has 0 aromatic heterocycles. The van der Waals surface area contributed by atoms with Crippen molar-refractivity contribution >= 4 is 23.8 Å². The van der Waals surface area contributed by atoms with Crippen LogP contribution in [-0.4, -0.2) is 90.0 Å². The summed E-state index contributed by atoms with van der Waals surface area (Å²) in [7, 11) is 1.50. The van der Waals surface area contributed by atoms with Gasteiger partial charge in [-0.1, -0.05) is 37.1 Å². The first-order valence-electron chi connectivity index (χ1n) is 21.4. The van der Waals surface area contributed by atoms with Gasteiger partial charge in [-0.2, -0.15) is 0 Å². The van der Waals surface area contributed by atoms with E-state index >= 15 is 0 Å². The van der Waals surface area contributed by atoms with Gasteiger partial charge in [-0.25, -0.2) is 4.79 Å². The number of nitro groups is 1. The van der Waals surface area contributed by atoms with Crippen molar-refractivity contribution in [3.63, 3.8) is 0 Å². The maximum absolute atomic E-state index is 14.5. The summed E-state index contributed by atoms with van der Waals surface area (Å²) in [5.41, 5.74) is 2.56. The SMILES string of the molecule is C=CCOC12Oc3ccc(Oc4ccc(OC)c(C=O)c4)cc3C3C(CCCCO)C(CCCCO)C=C(C(=NOCC)CC1N(CCC)C(=O)Oc1ccc([N+](=O)[O-])cc1)C32. The molecule has 1 fully saturated rings. The molecule has 62 heavy (non-hydrogen) atoms. The second-order valence-corrected chi connectivity index (χ2v) is 15.6. The summed E-state index contributed by atoms with van der Waals surface area (Å²) in [4.78, 5) is 44.7. The Kier molecular flexibility index (Phi) is 15.8. The minimum Gasteiger partial charge on any atom is -0.496 e. The smallest absolute Gasteiger partial charge is 0.415 e. The van der Waals surface area contributed by atoms with Gasteiger partial charge in [0.1, 0.15) is 41.4 Å². The number of unbranched alkanes of at least 4 members (excludes halogenated alkanes) is 2. The molecule has 1 amide bonds. The Labute approximate surface area is 362 Å². The molecule has 3 aromatic rings. The molecule has 0 saturated heterocycles. The number of benzene rings is 3. The fraction of sp³-hybridized carbons (Fsp3) is 0.468. The van der Waals surface area contributed by atoms with E-state index in [4.69, 9.17) is 33.7 Å². The van der Waals surface area contributed by atoms with E-state index in [1.54, 1.807) is 35.2 Å². The zero-order valence-electron chi connectivity index (χ0n) is 35.6. The molecule has 2 N–H and O–H groups in total. The van der Waals surface area contributed by atoms with E-state index < -0.39 is 28.8 Å². The van der Waals surface area contributed by atoms with E-state index in [0.29, 0.717) is 66.4 Å². The number of nitro benzene ring substituents is 1. The van der Waals surface area contributed by atoms with Gasteiger partial charge in [0.15, 0.2) is 6.29 Å². The summed E-state index contributed by atoms with van der Waals surface area (Å²) in [6.07, 6.45) is 8.91. The number of oxime groups is 1. The van der Waals surface area contributed by atoms with Crippen LogP contribution >= 0.6 is 0 Å². The number of allylic oxidation sites excluding steroid dienone is 1. The van der Waals surface area contributed by atoms with Gasteiger partial charge in [0.25, 0.3) is 5.69 Å². The molecule has 3 aromatic carbocycles. The first-order chi connectivity index (χ1) is 30.2. The summed E-state index contributed by atoms with van der Waals surface area (Å²) in [6, 6.07) is 15.1. The fourth-order valence-corrected chi connectivity index (χ4v) is 9.27. The average molecular weight is 856 g/mol. The highest BCUT2D eigenvalue weighted by atomic mass is 16.7. The number of rotatable bonds is 22. The average Bonchev–Trinajstić information content (AvgIpc) is 3.28. The van der Waals surface area contributed by atoms with Crippen LogP contribution in [0.3, 0.4) is 0 Å². The van der Waals surface area contributed by atoms with Gasteiger partial charge >= 0.3 is 6.09 Å². The molecule has 15 heteroatoms. The van der Waals surface area contributed by atoms with Crippen molar-refractivity contribution < 1.29 is 53.2 Å². The third-order valence-corrected chi connectivity index (χ3v) is 11.8. The van der Waals surface area contributed by atoms with Gasteiger partial charge in [0.2, 0.25) is 5.79 Å². The molecule has 1 heterocycles. The van der Waals surface area contributed by atoms with Crippen molar-refractivity contribution in [2.45, 2.75) is 83.0 Å². The number of nitrogens with zero attached hydrogens (tertiary/aromatic N) is 3. The summed E-state index contributed by atoms with van der Waals surface area (Å²) in [5, 5.41) is 35.9. The highest BCUT2D eigenvalue weighted by Crippen LogP contribution is 2.62. The number of hydrogen-bond donors (Lipinski definition) is 2. The van der Waals surface area contributed by atoms with Crippen LogP contribution in [0.15, 0.2) is 90.1 Å². The molecule has 15 nitrogen and oxygen atoms in total. The van der Waals surface area contributed by atoms with Crippen molar-refractivity contribution in [3.05, 3.63) is 106 Å². The van der Waals surface area contributed by atoms with Gasteiger partial charge in [0.05, 0.1) is 35.8 Å². The van der Waals surface area contributed by atoms with Crippen molar-refractivity contribution in [3.8, 4) is 28.7 Å². The van der Waals surface area contributed by atoms with Gasteiger partial charge in [-0.05, 0) is 105 Å². The van der Waals surface area contributed by atoms with E-state index in [-0.39, 0.29) is 62.0 Å². The van der Waals surface area contributed by atoms with Gasteiger partial charge in [-0.15, -0.1) is 6.58 Å². The lowest BCUT2D eigenvalue weighted by Crippen LogP contribution is -2.70. The van der Waals surface area contributed by atoms with Crippen LogP contribution in [0.5, 0.6) is 28.7 Å². The number of aldehydes is 1. The molecular formula is C47H57N3O12. The lowest BCUT2D eigenvalue weighted by atomic mass is 9.55. The summed E-state index contributed by atoms with van der Waals surface area (Å²) < 4.78 is 32.0. The second-order valence-electron chi connectivity index (χ2n) is 15.6. The zero-order chi connectivity index (χ0) is 44.2. The predicted molar refractivity (Wildman–Crippen MR) is 231 cm³/mol. The molecule has 1 aliphatic heterocycles. The quantitative estimate of drug-likeness (QED) is 0.0322. The molecule has 6 atom stereocenters. The first-order valence-corrected chi connectivity index (χ1v) is 21.4. The Morgan fingerprint density at radius 2 is 1.73 bits per heavy atom. The van der Waals surface area contributed by atoms with E-state index in [1.807, 2.05) is 26.0 Å². The Balaban J connectivity index is 1.55. The normalized spacial score (nSPS) is 22.9. The molecule has 332 valence electrons. The van der Waals surface area contributed by atoms with Gasteiger partial charge < -0.3 is 38.7 Å². The number of non-ortho nitro benzene ring substituents is 1. The maximum atomic E-state index is 14.5. The van der Waals surface area contributed by atoms with Crippen LogP contribution in [0.2, 0.25) is 0 Å². The van der Waals surface area contributed by atoms with Crippen molar-refractivity contribution in [1.82, 2.24) is 4.90 Å². The molecule has 2 aliphatic carbocycles. The van der Waals surface area contributed by atoms with Crippen molar-refractivity contribution in [2.24, 2.45) is 22.9 Å². The number of ether oxygens (including phenoxy) is 5. The number of carbonyl (C=O) groups excluding carboxylic acids is 2. The molecule has 0 bridgehead atoms. The number of aliphatic hydroxyl groups is 2. The van der Waals surface area contributed by atoms with Crippen LogP contribution in [0.25, 0.3) is 0 Å². The number of methoxy groups -OCH3 is 1. The predicted octanol–water partition coefficient (Wildman–Crippen LogP) is 8.77. The monoisotopic (exact) mass is 855 g/mol. The van der Waals surface area contributed by atoms with Crippen molar-refractivity contribution in [1.29, 1.82) is 0 Å². The number of hydrogen-bond acceptors (Lipinski definition) is 13. The topological polar surface area (TPSA) is 189 Å². The lowest BCUT2D eigenvalue weighted by Gasteiger charge is -2.59. The van der Waals surface area contributed by atoms with Crippen molar-refractivity contribution in [2.75, 3.05) is 40.1 Å². The van der Waals surface area contributed by atoms with Crippen LogP contribution < -0.4 is 18.9 Å². The largest absolute Gasteiger partial charge is 0.496 e. The van der Waals surface area contributed by atoms with Gasteiger partial charge in [-0.3, -0.25) is 19.8 Å². The molecular weight excluding hydrogens is 799 g/mol. The molecule has 1 saturated carbocycles. The van der Waals surface area contributed by atoms with E-state index in [9.17, 15) is 29.9 Å². The third-order valence-electron chi connectivity index (χ3n) is 11.8. The lowest BCUT2D eigenvalue weighted by molar-refractivity contribution is -0.384. The Bertz CT molecular complexity index is 2110. The Morgan fingerprint density at radius 1 is 1.02 bits per heavy atom. The van der Waals surface area contributed by atoms with Crippen LogP contribution in [0.4, 0.5) is 10.5 Å². The number of fused-ring (bicyclic) bond motifs is 2. The van der Waals surface area contributed by atoms with Gasteiger partial charge in [0, 0.05) is 49.8 Å². The third kappa shape index (κ3) is 9.80. The van der Waals surface area contributed by atoms with Crippen LogP contribution in [-0.2, 0) is 9.57 Å². The number of aliphatic hydroxyl groups excluding tert-OH is 2. The standard InChI is InChI=1S/C47H57N3O12/c1-5-22-49(46(54)61-34-16-14-33(15-17-34)50(55)56)43-29-40(48-59-7-3)38-27-31(12-8-10-23-51)37(13-9-11-24-52)44-39-28-36(60-35-18-20-41(57-4)32(26-35)30-53)19-21-42(39)62-47(43,45(38)44)58-25-6-2/h6,14-21,26-28,30-31,37,43-45,51-52H,2,5,7-13,22-25,29H2,1,3-4H3. The second kappa shape index (κ2) is 21.3. The number of amides is 1. The Morgan fingerprint density at radius 3 is 2.39 bits per heavy atom. The Hall–Kier alpha value is -5.77.